The smallest absolute Gasteiger partial charge is 0.227 e. The summed E-state index contributed by atoms with van der Waals surface area (Å²) in [5, 5.41) is 0. The minimum absolute atomic E-state index is 0.185. The van der Waals surface area contributed by atoms with Gasteiger partial charge in [-0.05, 0) is 52.5 Å². The van der Waals surface area contributed by atoms with Crippen molar-refractivity contribution in [3.8, 4) is 0 Å². The van der Waals surface area contributed by atoms with Crippen molar-refractivity contribution in [2.24, 2.45) is 11.8 Å². The molecule has 4 fully saturated rings. The summed E-state index contributed by atoms with van der Waals surface area (Å²) in [6.07, 6.45) is 3.53. The maximum Gasteiger partial charge on any atom is 0.227 e. The highest BCUT2D eigenvalue weighted by Gasteiger charge is 2.44. The maximum absolute atomic E-state index is 13.1. The number of amides is 1. The van der Waals surface area contributed by atoms with Crippen LogP contribution in [0.25, 0.3) is 0 Å². The molecule has 0 radical (unpaired) electrons. The number of nitrogens with zero attached hydrogens (tertiary/aromatic N) is 3. The average Bonchev–Trinajstić information content (AvgIpc) is 2.96. The van der Waals surface area contributed by atoms with E-state index in [4.69, 9.17) is 0 Å². The fourth-order valence-corrected chi connectivity index (χ4v) is 4.68. The van der Waals surface area contributed by atoms with Crippen LogP contribution < -0.4 is 0 Å². The molecule has 0 aliphatic carbocycles. The summed E-state index contributed by atoms with van der Waals surface area (Å²) in [4.78, 5) is 20.4. The minimum Gasteiger partial charge on any atom is -0.337 e. The number of carbonyl (C=O) groups excluding carboxylic acids is 1. The van der Waals surface area contributed by atoms with Gasteiger partial charge in [-0.1, -0.05) is 13.8 Å². The molecule has 0 spiro atoms. The minimum atomic E-state index is 0.185. The lowest BCUT2D eigenvalue weighted by atomic mass is 9.88. The molecule has 3 atom stereocenters. The molecular weight excluding hydrogens is 286 g/mol. The lowest BCUT2D eigenvalue weighted by Gasteiger charge is -2.52. The fourth-order valence-electron chi connectivity index (χ4n) is 4.68. The van der Waals surface area contributed by atoms with E-state index < -0.39 is 0 Å². The quantitative estimate of drug-likeness (QED) is 0.799. The van der Waals surface area contributed by atoms with E-state index in [9.17, 15) is 4.79 Å². The third-order valence-electron chi connectivity index (χ3n) is 6.01. The number of rotatable bonds is 3. The molecule has 4 rings (SSSR count). The standard InChI is InChI=1S/C19H35N3O/c1-14(2)10-20-12-17-7-6-16(20)13-22(17)18(23)15-8-9-21(11-15)19(3,4)5/h14-17H,6-13H2,1-5H3/t15-,16?,17?/m1/s1. The molecule has 1 amide bonds. The van der Waals surface area contributed by atoms with Crippen LogP contribution in [0.1, 0.15) is 53.9 Å². The van der Waals surface area contributed by atoms with E-state index >= 15 is 0 Å². The van der Waals surface area contributed by atoms with Gasteiger partial charge in [0.15, 0.2) is 0 Å². The summed E-state index contributed by atoms with van der Waals surface area (Å²) >= 11 is 0. The zero-order valence-corrected chi connectivity index (χ0v) is 15.7. The summed E-state index contributed by atoms with van der Waals surface area (Å²) in [6.45, 7) is 16.6. The number of piperidine rings is 2. The zero-order chi connectivity index (χ0) is 16.8. The van der Waals surface area contributed by atoms with E-state index in [0.717, 1.165) is 32.6 Å². The second-order valence-corrected chi connectivity index (χ2v) is 9.33. The van der Waals surface area contributed by atoms with Crippen molar-refractivity contribution in [1.82, 2.24) is 14.7 Å². The first kappa shape index (κ1) is 17.2. The van der Waals surface area contributed by atoms with Gasteiger partial charge in [0.1, 0.15) is 0 Å². The number of piperazine rings is 1. The van der Waals surface area contributed by atoms with Crippen LogP contribution in [0.5, 0.6) is 0 Å². The van der Waals surface area contributed by atoms with Crippen LogP contribution in [0.4, 0.5) is 0 Å². The zero-order valence-electron chi connectivity index (χ0n) is 15.7. The van der Waals surface area contributed by atoms with Crippen molar-refractivity contribution < 1.29 is 4.79 Å². The summed E-state index contributed by atoms with van der Waals surface area (Å²) in [5.41, 5.74) is 0.185. The van der Waals surface area contributed by atoms with E-state index in [-0.39, 0.29) is 11.5 Å². The number of hydrogen-bond acceptors (Lipinski definition) is 3. The predicted molar refractivity (Wildman–Crippen MR) is 94.4 cm³/mol. The third kappa shape index (κ3) is 3.58. The van der Waals surface area contributed by atoms with E-state index in [0.29, 0.717) is 23.9 Å². The number of hydrogen-bond donors (Lipinski definition) is 0. The van der Waals surface area contributed by atoms with E-state index in [1.807, 2.05) is 0 Å². The van der Waals surface area contributed by atoms with Gasteiger partial charge in [-0.3, -0.25) is 14.6 Å². The van der Waals surface area contributed by atoms with Gasteiger partial charge in [0.05, 0.1) is 5.92 Å². The average molecular weight is 322 g/mol. The normalized spacial score (nSPS) is 33.0. The number of likely N-dealkylation sites (tertiary alicyclic amines) is 1. The Hall–Kier alpha value is -0.610. The lowest BCUT2D eigenvalue weighted by Crippen LogP contribution is -2.65. The van der Waals surface area contributed by atoms with Crippen molar-refractivity contribution in [3.63, 3.8) is 0 Å². The third-order valence-corrected chi connectivity index (χ3v) is 6.01. The maximum atomic E-state index is 13.1. The summed E-state index contributed by atoms with van der Waals surface area (Å²) in [7, 11) is 0. The molecule has 4 aliphatic rings. The van der Waals surface area contributed by atoms with Crippen molar-refractivity contribution in [2.75, 3.05) is 32.7 Å². The van der Waals surface area contributed by atoms with Crippen molar-refractivity contribution in [2.45, 2.75) is 71.5 Å². The topological polar surface area (TPSA) is 26.8 Å². The van der Waals surface area contributed by atoms with Gasteiger partial charge in [0, 0.05) is 43.8 Å². The van der Waals surface area contributed by atoms with Gasteiger partial charge in [-0.25, -0.2) is 0 Å². The van der Waals surface area contributed by atoms with E-state index in [1.54, 1.807) is 0 Å². The Morgan fingerprint density at radius 1 is 1.04 bits per heavy atom. The molecule has 2 unspecified atom stereocenters. The molecule has 0 aromatic carbocycles. The number of carbonyl (C=O) groups is 1. The molecule has 0 aromatic rings. The van der Waals surface area contributed by atoms with Gasteiger partial charge in [-0.15, -0.1) is 0 Å². The van der Waals surface area contributed by atoms with Crippen LogP contribution in [0, 0.1) is 11.8 Å². The first-order valence-electron chi connectivity index (χ1n) is 9.55. The van der Waals surface area contributed by atoms with Gasteiger partial charge in [0.25, 0.3) is 0 Å². The highest BCUT2D eigenvalue weighted by atomic mass is 16.2. The van der Waals surface area contributed by atoms with E-state index in [2.05, 4.69) is 49.3 Å². The van der Waals surface area contributed by atoms with Crippen LogP contribution in [-0.2, 0) is 4.79 Å². The Bertz CT molecular complexity index is 442. The van der Waals surface area contributed by atoms with Gasteiger partial charge >= 0.3 is 0 Å². The molecule has 4 nitrogen and oxygen atoms in total. The van der Waals surface area contributed by atoms with Crippen molar-refractivity contribution in [3.05, 3.63) is 0 Å². The molecule has 0 aromatic heterocycles. The Balaban J connectivity index is 1.60. The predicted octanol–water partition coefficient (Wildman–Crippen LogP) is 2.44. The first-order chi connectivity index (χ1) is 10.8. The fraction of sp³-hybridized carbons (Fsp3) is 0.947. The molecule has 0 N–H and O–H groups in total. The van der Waals surface area contributed by atoms with Crippen LogP contribution in [-0.4, -0.2) is 71.0 Å². The van der Waals surface area contributed by atoms with E-state index in [1.165, 1.54) is 19.4 Å². The molecule has 23 heavy (non-hydrogen) atoms. The second-order valence-electron chi connectivity index (χ2n) is 9.33. The highest BCUT2D eigenvalue weighted by Crippen LogP contribution is 2.33. The van der Waals surface area contributed by atoms with Crippen LogP contribution in [0.2, 0.25) is 0 Å². The second kappa shape index (κ2) is 6.36. The Labute approximate surface area is 142 Å². The van der Waals surface area contributed by atoms with Crippen LogP contribution in [0.15, 0.2) is 0 Å². The van der Waals surface area contributed by atoms with Gasteiger partial charge in [-0.2, -0.15) is 0 Å². The molecule has 0 saturated carbocycles. The Kier molecular flexibility index (Phi) is 4.76. The Morgan fingerprint density at radius 3 is 2.26 bits per heavy atom. The van der Waals surface area contributed by atoms with Gasteiger partial charge in [0.2, 0.25) is 5.91 Å². The molecule has 4 heterocycles. The van der Waals surface area contributed by atoms with Crippen LogP contribution in [0.3, 0.4) is 0 Å². The Morgan fingerprint density at radius 2 is 1.74 bits per heavy atom. The van der Waals surface area contributed by atoms with Crippen LogP contribution >= 0.6 is 0 Å². The molecule has 4 heteroatoms. The SMILES string of the molecule is CC(C)CN1CC2CCC1CN2C(=O)[C@@H]1CCN(C(C)(C)C)C1. The molecular formula is C19H35N3O. The summed E-state index contributed by atoms with van der Waals surface area (Å²) in [6, 6.07) is 1.07. The lowest BCUT2D eigenvalue weighted by molar-refractivity contribution is -0.146. The monoisotopic (exact) mass is 321 g/mol. The first-order valence-corrected chi connectivity index (χ1v) is 9.55. The highest BCUT2D eigenvalue weighted by molar-refractivity contribution is 5.80. The molecule has 4 aliphatic heterocycles. The van der Waals surface area contributed by atoms with Crippen molar-refractivity contribution in [1.29, 1.82) is 0 Å². The largest absolute Gasteiger partial charge is 0.337 e. The summed E-state index contributed by atoms with van der Waals surface area (Å²) < 4.78 is 0. The number of fused-ring (bicyclic) bond motifs is 3. The van der Waals surface area contributed by atoms with Crippen molar-refractivity contribution >= 4 is 5.91 Å². The summed E-state index contributed by atoms with van der Waals surface area (Å²) in [5.74, 6) is 1.39. The van der Waals surface area contributed by atoms with Gasteiger partial charge < -0.3 is 4.90 Å². The molecule has 4 saturated heterocycles. The molecule has 2 bridgehead atoms. The molecule has 132 valence electrons.